The fourth-order valence-electron chi connectivity index (χ4n) is 2.83. The molecular weight excluding hydrogens is 310 g/mol. The van der Waals surface area contributed by atoms with Gasteiger partial charge in [-0.3, -0.25) is 0 Å². The van der Waals surface area contributed by atoms with Crippen molar-refractivity contribution >= 4 is 19.9 Å². The Kier molecular flexibility index (Phi) is 4.46. The Bertz CT molecular complexity index is 851. The maximum absolute atomic E-state index is 6.04. The predicted octanol–water partition coefficient (Wildman–Crippen LogP) is 5.56. The summed E-state index contributed by atoms with van der Waals surface area (Å²) in [5.74, 6) is 0.745. The molecule has 0 aliphatic carbocycles. The number of pyridine rings is 1. The fourth-order valence-corrected chi connectivity index (χ4v) is 3.43. The topological polar surface area (TPSA) is 22.1 Å². The molecule has 0 spiro atoms. The third-order valence-corrected chi connectivity index (χ3v) is 4.81. The van der Waals surface area contributed by atoms with E-state index in [-0.39, 0.29) is 5.41 Å². The van der Waals surface area contributed by atoms with E-state index in [1.54, 1.807) is 0 Å². The Labute approximate surface area is 146 Å². The molecule has 3 rings (SSSR count). The maximum atomic E-state index is 6.04. The molecule has 0 aliphatic rings. The summed E-state index contributed by atoms with van der Waals surface area (Å²) in [4.78, 5) is 4.79. The van der Waals surface area contributed by atoms with Gasteiger partial charge in [-0.15, -0.1) is 0 Å². The van der Waals surface area contributed by atoms with Gasteiger partial charge in [-0.1, -0.05) is 63.2 Å². The molecule has 24 heavy (non-hydrogen) atoms. The number of fused-ring (bicyclic) bond motifs is 1. The van der Waals surface area contributed by atoms with Crippen LogP contribution >= 0.6 is 0 Å². The van der Waals surface area contributed by atoms with Gasteiger partial charge in [0.1, 0.15) is 0 Å². The van der Waals surface area contributed by atoms with E-state index in [2.05, 4.69) is 82.4 Å². The van der Waals surface area contributed by atoms with E-state index in [1.807, 2.05) is 6.07 Å². The Morgan fingerprint density at radius 2 is 1.62 bits per heavy atom. The average molecular weight is 336 g/mol. The smallest absolute Gasteiger partial charge is 0.231 e. The van der Waals surface area contributed by atoms with Gasteiger partial charge in [0.25, 0.3) is 0 Å². The molecule has 0 atom stereocenters. The molecule has 0 aliphatic heterocycles. The summed E-state index contributed by atoms with van der Waals surface area (Å²) in [6.07, 6.45) is 0. The lowest BCUT2D eigenvalue weighted by Gasteiger charge is -2.20. The summed E-state index contributed by atoms with van der Waals surface area (Å²) in [6, 6.07) is 19.2. The number of aromatic nitrogens is 1. The minimum absolute atomic E-state index is 0.104. The number of hydrogen-bond acceptors (Lipinski definition) is 2. The highest BCUT2D eigenvalue weighted by Gasteiger charge is 2.16. The molecule has 0 unspecified atom stereocenters. The van der Waals surface area contributed by atoms with E-state index in [0.717, 1.165) is 11.4 Å². The molecule has 0 radical (unpaired) electrons. The number of benzene rings is 2. The number of hydrogen-bond donors (Lipinski definition) is 0. The van der Waals surface area contributed by atoms with Crippen LogP contribution in [0.5, 0.6) is 5.88 Å². The predicted molar refractivity (Wildman–Crippen MR) is 105 cm³/mol. The molecule has 0 amide bonds. The van der Waals surface area contributed by atoms with Crippen molar-refractivity contribution in [1.82, 2.24) is 4.98 Å². The molecule has 1 aromatic heterocycles. The Morgan fingerprint density at radius 1 is 0.917 bits per heavy atom. The zero-order chi connectivity index (χ0) is 17.3. The van der Waals surface area contributed by atoms with Gasteiger partial charge in [-0.05, 0) is 41.3 Å². The van der Waals surface area contributed by atoms with Crippen LogP contribution in [0.2, 0.25) is 13.1 Å². The average Bonchev–Trinajstić information content (AvgIpc) is 2.53. The zero-order valence-corrected chi connectivity index (χ0v) is 16.3. The van der Waals surface area contributed by atoms with Crippen molar-refractivity contribution in [2.45, 2.75) is 39.3 Å². The minimum atomic E-state index is -1.20. The summed E-state index contributed by atoms with van der Waals surface area (Å²) in [5, 5.41) is 1.17. The van der Waals surface area contributed by atoms with Crippen LogP contribution in [-0.4, -0.2) is 14.0 Å². The summed E-state index contributed by atoms with van der Waals surface area (Å²) < 4.78 is 6.04. The number of rotatable bonds is 3. The fraction of sp³-hybridized carbons (Fsp3) is 0.286. The largest absolute Gasteiger partial charge is 0.534 e. The molecule has 1 heterocycles. The lowest BCUT2D eigenvalue weighted by Crippen LogP contribution is -2.13. The van der Waals surface area contributed by atoms with E-state index in [9.17, 15) is 0 Å². The molecule has 0 saturated carbocycles. The summed E-state index contributed by atoms with van der Waals surface area (Å²) in [7, 11) is -1.20. The molecule has 0 saturated heterocycles. The molecule has 3 heteroatoms. The number of nitrogens with zero attached hydrogens (tertiary/aromatic N) is 1. The zero-order valence-electron chi connectivity index (χ0n) is 15.1. The van der Waals surface area contributed by atoms with Gasteiger partial charge in [-0.2, -0.15) is 0 Å². The summed E-state index contributed by atoms with van der Waals surface area (Å²) >= 11 is 0. The van der Waals surface area contributed by atoms with Crippen molar-refractivity contribution in [2.24, 2.45) is 0 Å². The van der Waals surface area contributed by atoms with Crippen LogP contribution < -0.4 is 4.43 Å². The van der Waals surface area contributed by atoms with E-state index >= 15 is 0 Å². The first kappa shape index (κ1) is 16.7. The molecule has 2 nitrogen and oxygen atoms in total. The Balaban J connectivity index is 2.25. The second-order valence-electron chi connectivity index (χ2n) is 7.52. The van der Waals surface area contributed by atoms with Crippen molar-refractivity contribution < 1.29 is 4.43 Å². The molecule has 124 valence electrons. The van der Waals surface area contributed by atoms with Gasteiger partial charge in [0.2, 0.25) is 14.9 Å². The van der Waals surface area contributed by atoms with E-state index in [4.69, 9.17) is 9.41 Å². The standard InChI is InChI=1S/C21H25NOSi/c1-21(2,3)16-11-12-17-18(15-9-7-6-8-10-15)14-20(23-24(4)5)22-19(17)13-16/h6-14,24H,1-5H3. The summed E-state index contributed by atoms with van der Waals surface area (Å²) in [5.41, 5.74) is 4.79. The SMILES string of the molecule is C[SiH](C)Oc1cc(-c2ccccc2)c2ccc(C(C)(C)C)cc2n1. The van der Waals surface area contributed by atoms with E-state index < -0.39 is 9.04 Å². The van der Waals surface area contributed by atoms with Gasteiger partial charge in [0.05, 0.1) is 5.52 Å². The first-order chi connectivity index (χ1) is 11.3. The van der Waals surface area contributed by atoms with Gasteiger partial charge in [-0.25, -0.2) is 4.98 Å². The lowest BCUT2D eigenvalue weighted by atomic mass is 9.86. The molecule has 0 N–H and O–H groups in total. The molecule has 2 aromatic carbocycles. The van der Waals surface area contributed by atoms with Crippen LogP contribution in [0.3, 0.4) is 0 Å². The molecule has 0 bridgehead atoms. The second-order valence-corrected chi connectivity index (χ2v) is 9.86. The minimum Gasteiger partial charge on any atom is -0.534 e. The summed E-state index contributed by atoms with van der Waals surface area (Å²) in [6.45, 7) is 11.0. The van der Waals surface area contributed by atoms with Crippen LogP contribution in [0.15, 0.2) is 54.6 Å². The van der Waals surface area contributed by atoms with E-state index in [1.165, 1.54) is 22.1 Å². The van der Waals surface area contributed by atoms with Gasteiger partial charge >= 0.3 is 0 Å². The van der Waals surface area contributed by atoms with Crippen LogP contribution in [-0.2, 0) is 5.41 Å². The highest BCUT2D eigenvalue weighted by molar-refractivity contribution is 6.49. The maximum Gasteiger partial charge on any atom is 0.231 e. The van der Waals surface area contributed by atoms with Gasteiger partial charge in [0.15, 0.2) is 0 Å². The van der Waals surface area contributed by atoms with Crippen molar-refractivity contribution in [3.8, 4) is 17.0 Å². The monoisotopic (exact) mass is 335 g/mol. The normalized spacial score (nSPS) is 11.9. The quantitative estimate of drug-likeness (QED) is 0.584. The van der Waals surface area contributed by atoms with Crippen LogP contribution in [0.1, 0.15) is 26.3 Å². The highest BCUT2D eigenvalue weighted by Crippen LogP contribution is 2.33. The first-order valence-electron chi connectivity index (χ1n) is 8.52. The van der Waals surface area contributed by atoms with E-state index in [0.29, 0.717) is 0 Å². The van der Waals surface area contributed by atoms with Crippen molar-refractivity contribution in [3.05, 3.63) is 60.2 Å². The van der Waals surface area contributed by atoms with Gasteiger partial charge < -0.3 is 4.43 Å². The van der Waals surface area contributed by atoms with Crippen molar-refractivity contribution in [2.75, 3.05) is 0 Å². The molecule has 3 aromatic rings. The lowest BCUT2D eigenvalue weighted by molar-refractivity contribution is 0.558. The van der Waals surface area contributed by atoms with Crippen molar-refractivity contribution in [1.29, 1.82) is 0 Å². The molecular formula is C21H25NOSi. The van der Waals surface area contributed by atoms with Crippen LogP contribution in [0.25, 0.3) is 22.0 Å². The van der Waals surface area contributed by atoms with Crippen LogP contribution in [0.4, 0.5) is 0 Å². The first-order valence-corrected chi connectivity index (χ1v) is 11.3. The molecule has 0 fully saturated rings. The van der Waals surface area contributed by atoms with Gasteiger partial charge in [0, 0.05) is 11.5 Å². The Morgan fingerprint density at radius 3 is 2.25 bits per heavy atom. The highest BCUT2D eigenvalue weighted by atomic mass is 28.3. The van der Waals surface area contributed by atoms with Crippen LogP contribution in [0, 0.1) is 0 Å². The third-order valence-electron chi connectivity index (χ3n) is 4.09. The second kappa shape index (κ2) is 6.40. The Hall–Kier alpha value is -2.13. The van der Waals surface area contributed by atoms with Crippen molar-refractivity contribution in [3.63, 3.8) is 0 Å². The third kappa shape index (κ3) is 3.51.